The fourth-order valence-corrected chi connectivity index (χ4v) is 13.4. The van der Waals surface area contributed by atoms with Crippen LogP contribution < -0.4 is 68.8 Å². The van der Waals surface area contributed by atoms with Crippen molar-refractivity contribution in [3.63, 3.8) is 0 Å². The zero-order valence-electron chi connectivity index (χ0n) is 51.7. The van der Waals surface area contributed by atoms with Gasteiger partial charge in [-0.2, -0.15) is 0 Å². The van der Waals surface area contributed by atoms with Crippen LogP contribution >= 0.6 is 0 Å². The number of aliphatic hydroxyl groups is 12. The molecule has 6 saturated heterocycles. The highest BCUT2D eigenvalue weighted by molar-refractivity contribution is 5.06. The molecule has 2 aromatic rings. The molecule has 2 aliphatic carbocycles. The van der Waals surface area contributed by atoms with E-state index in [4.69, 9.17) is 126 Å². The Bertz CT molecular complexity index is 2540. The molecule has 2 aromatic heterocycles. The van der Waals surface area contributed by atoms with Gasteiger partial charge in [0.15, 0.2) is 37.7 Å². The molecule has 95 heavy (non-hydrogen) atoms. The molecule has 42 nitrogen and oxygen atoms in total. The maximum Gasteiger partial charge on any atom is 0.187 e. The van der Waals surface area contributed by atoms with Gasteiger partial charge in [0.25, 0.3) is 0 Å². The monoisotopic (exact) mass is 1370 g/mol. The Kier molecular flexibility index (Phi) is 24.9. The van der Waals surface area contributed by atoms with E-state index in [2.05, 4.69) is 20.6 Å². The van der Waals surface area contributed by atoms with E-state index in [1.54, 1.807) is 12.4 Å². The SMILES string of the molecule is NC[C@@H]1O[C@@H](O[C@H]2[C@@H](O)[C@H](O[C@H]3[C@H](O)[C@@H](N)C[C@@H](N)[C@@H]3O[C@H]3O[C@H](CN)[C@@H](O)[C@H](O)[C@H]3N)O[C@@H]2Cn2cc(CCCc3cn(C[C@H]4O[C@@H](O[C@@H]5[C@@H](O)[C@H](N)C[C@H](N)[C@H]5O[C@H]5O[C@H](CN)[C@@H](O)[C@H](O)[C@H]5N)[C@H](O)[C@@H]4O[C@@H]4O[C@H](CN)[C@H](O)[C@@H](O)[C@@H]4N)nn3)nn2)[C@@H](N)[C@H](O)[C@H]1O. The van der Waals surface area contributed by atoms with Crippen LogP contribution in [0.25, 0.3) is 0 Å². The molecule has 8 fully saturated rings. The zero-order chi connectivity index (χ0) is 68.8. The zero-order valence-corrected chi connectivity index (χ0v) is 51.7. The van der Waals surface area contributed by atoms with E-state index in [1.807, 2.05) is 0 Å². The van der Waals surface area contributed by atoms with Gasteiger partial charge >= 0.3 is 0 Å². The van der Waals surface area contributed by atoms with Crippen molar-refractivity contribution in [1.29, 1.82) is 0 Å². The third kappa shape index (κ3) is 15.8. The van der Waals surface area contributed by atoms with Gasteiger partial charge in [-0.25, -0.2) is 9.36 Å². The lowest BCUT2D eigenvalue weighted by Gasteiger charge is -2.47. The van der Waals surface area contributed by atoms with E-state index < -0.39 is 233 Å². The van der Waals surface area contributed by atoms with Crippen molar-refractivity contribution >= 4 is 0 Å². The molecule has 544 valence electrons. The summed E-state index contributed by atoms with van der Waals surface area (Å²) in [6, 6.07) is -9.20. The van der Waals surface area contributed by atoms with Crippen LogP contribution in [0.15, 0.2) is 12.4 Å². The molecule has 0 aromatic carbocycles. The van der Waals surface area contributed by atoms with Gasteiger partial charge in [-0.1, -0.05) is 10.4 Å². The molecule has 0 amide bonds. The van der Waals surface area contributed by atoms with Crippen molar-refractivity contribution in [2.24, 2.45) is 68.8 Å². The van der Waals surface area contributed by atoms with Gasteiger partial charge < -0.3 is 187 Å². The standard InChI is InChI=1S/C53H98N18O24/c54-6-20-32(74)36(78)26(62)48(84-20)90-42-18(60)4-16(58)30(72)46(42)94-52-40(82)44(92-50-28(64)38(80)34(76)22(8-56)86-50)24(88-52)12-70-10-14(66-68-70)2-1-3-15-11-71(69-67-15)13-25-45(93-51-29(65)39(81)35(77)23(9-57)87-51)41(83)53(89-25)95-47-31(73)17(59)5-19(61)43(47)91-49-27(63)37(79)33(75)21(7-55)85-49/h10-11,16-53,72-83H,1-9,12-13,54-65H2/t16-,17+,18+,19-,20-,21-,22-,23+,24-,25-,26-,27-,28+,29+,30+,31-,32-,33-,34+,35+,36-,37-,38+,39+,40-,41-,42-,43+,44-,45-,46-,47+,48-,49-,50+,51+,52+,53+/m1/s1. The first-order valence-electron chi connectivity index (χ1n) is 31.8. The number of rotatable bonds is 24. The molecule has 8 heterocycles. The maximum atomic E-state index is 12.0. The number of aromatic nitrogens is 6. The summed E-state index contributed by atoms with van der Waals surface area (Å²) in [5.74, 6) is 0. The topological polar surface area (TPSA) is 727 Å². The van der Waals surface area contributed by atoms with Crippen molar-refractivity contribution in [3.05, 3.63) is 23.8 Å². The van der Waals surface area contributed by atoms with Crippen LogP contribution in [0.3, 0.4) is 0 Å². The summed E-state index contributed by atoms with van der Waals surface area (Å²) < 4.78 is 76.4. The summed E-state index contributed by atoms with van der Waals surface area (Å²) in [5.41, 5.74) is 75.1. The highest BCUT2D eigenvalue weighted by Gasteiger charge is 2.58. The van der Waals surface area contributed by atoms with Crippen LogP contribution in [0.1, 0.15) is 30.7 Å². The smallest absolute Gasteiger partial charge is 0.187 e. The highest BCUT2D eigenvalue weighted by Crippen LogP contribution is 2.38. The van der Waals surface area contributed by atoms with Crippen LogP contribution in [-0.2, 0) is 82.8 Å². The third-order valence-electron chi connectivity index (χ3n) is 19.2. The summed E-state index contributed by atoms with van der Waals surface area (Å²) in [7, 11) is 0. The molecule has 36 N–H and O–H groups in total. The van der Waals surface area contributed by atoms with Crippen molar-refractivity contribution in [1.82, 2.24) is 30.0 Å². The number of aliphatic hydroxyl groups excluding tert-OH is 12. The fourth-order valence-electron chi connectivity index (χ4n) is 13.4. The van der Waals surface area contributed by atoms with Crippen LogP contribution in [-0.4, -0.2) is 350 Å². The van der Waals surface area contributed by atoms with Gasteiger partial charge in [0.1, 0.15) is 134 Å². The first-order valence-corrected chi connectivity index (χ1v) is 31.8. The van der Waals surface area contributed by atoms with Crippen LogP contribution in [0.4, 0.5) is 0 Å². The Balaban J connectivity index is 0.812. The average Bonchev–Trinajstić information content (AvgIpc) is 1.76. The van der Waals surface area contributed by atoms with Crippen LogP contribution in [0.2, 0.25) is 0 Å². The first kappa shape index (κ1) is 74.5. The van der Waals surface area contributed by atoms with Gasteiger partial charge in [-0.05, 0) is 32.1 Å². The summed E-state index contributed by atoms with van der Waals surface area (Å²) in [6.45, 7) is -1.28. The minimum absolute atomic E-state index is 0.0133. The summed E-state index contributed by atoms with van der Waals surface area (Å²) in [6.07, 6.45) is -38.3. The van der Waals surface area contributed by atoms with Crippen LogP contribution in [0.5, 0.6) is 0 Å². The Morgan fingerprint density at radius 3 is 0.905 bits per heavy atom. The Morgan fingerprint density at radius 1 is 0.337 bits per heavy atom. The molecule has 10 rings (SSSR count). The third-order valence-corrected chi connectivity index (χ3v) is 19.2. The van der Waals surface area contributed by atoms with Gasteiger partial charge in [0, 0.05) is 62.7 Å². The quantitative estimate of drug-likeness (QED) is 0.0464. The van der Waals surface area contributed by atoms with Gasteiger partial charge in [0.05, 0.1) is 60.9 Å². The first-order chi connectivity index (χ1) is 45.2. The second-order valence-electron chi connectivity index (χ2n) is 25.8. The Hall–Kier alpha value is -3.16. The Labute approximate surface area is 543 Å². The minimum atomic E-state index is -1.72. The summed E-state index contributed by atoms with van der Waals surface area (Å²) in [4.78, 5) is 0. The summed E-state index contributed by atoms with van der Waals surface area (Å²) in [5, 5.41) is 150. The molecule has 8 aliphatic rings. The molecule has 6 aliphatic heterocycles. The van der Waals surface area contributed by atoms with Gasteiger partial charge in [-0.3, -0.25) is 0 Å². The minimum Gasteiger partial charge on any atom is -0.389 e. The fraction of sp³-hybridized carbons (Fsp3) is 0.925. The lowest BCUT2D eigenvalue weighted by molar-refractivity contribution is -0.306. The average molecular weight is 1370 g/mol. The van der Waals surface area contributed by atoms with Gasteiger partial charge in [0.2, 0.25) is 0 Å². The summed E-state index contributed by atoms with van der Waals surface area (Å²) >= 11 is 0. The number of nitrogens with two attached hydrogens (primary N) is 12. The predicted octanol–water partition coefficient (Wildman–Crippen LogP) is -16.7. The van der Waals surface area contributed by atoms with Crippen molar-refractivity contribution in [3.8, 4) is 0 Å². The van der Waals surface area contributed by atoms with E-state index in [0.717, 1.165) is 0 Å². The number of hydrogen-bond donors (Lipinski definition) is 24. The number of ether oxygens (including phenoxy) is 12. The van der Waals surface area contributed by atoms with Gasteiger partial charge in [-0.15, -0.1) is 10.2 Å². The van der Waals surface area contributed by atoms with E-state index in [9.17, 15) is 61.3 Å². The highest BCUT2D eigenvalue weighted by atomic mass is 16.8. The molecular weight excluding hydrogens is 1270 g/mol. The number of hydrogen-bond acceptors (Lipinski definition) is 40. The van der Waals surface area contributed by atoms with E-state index in [1.165, 1.54) is 9.36 Å². The largest absolute Gasteiger partial charge is 0.389 e. The van der Waals surface area contributed by atoms with E-state index in [-0.39, 0.29) is 52.1 Å². The second kappa shape index (κ2) is 31.8. The normalized spacial score (nSPS) is 49.1. The number of nitrogens with zero attached hydrogens (tertiary/aromatic N) is 6. The molecule has 38 atom stereocenters. The second-order valence-corrected chi connectivity index (χ2v) is 25.8. The molecular formula is C53H98N18O24. The van der Waals surface area contributed by atoms with E-state index >= 15 is 0 Å². The Morgan fingerprint density at radius 2 is 0.611 bits per heavy atom. The lowest BCUT2D eigenvalue weighted by atomic mass is 9.84. The molecule has 0 radical (unpaired) electrons. The molecule has 0 spiro atoms. The number of aryl methyl sites for hydroxylation is 2. The van der Waals surface area contributed by atoms with Crippen molar-refractivity contribution in [2.75, 3.05) is 26.2 Å². The molecule has 2 saturated carbocycles. The van der Waals surface area contributed by atoms with E-state index in [0.29, 0.717) is 30.7 Å². The molecule has 42 heteroatoms. The predicted molar refractivity (Wildman–Crippen MR) is 315 cm³/mol. The lowest BCUT2D eigenvalue weighted by Crippen LogP contribution is -2.68. The maximum absolute atomic E-state index is 12.0. The van der Waals surface area contributed by atoms with Crippen LogP contribution in [0, 0.1) is 0 Å². The molecule has 0 bridgehead atoms. The van der Waals surface area contributed by atoms with Crippen molar-refractivity contribution in [2.45, 2.75) is 278 Å². The molecule has 0 unspecified atom stereocenters. The van der Waals surface area contributed by atoms with Crippen molar-refractivity contribution < 1.29 is 118 Å².